The van der Waals surface area contributed by atoms with E-state index < -0.39 is 0 Å². The molecule has 0 aliphatic heterocycles. The van der Waals surface area contributed by atoms with E-state index in [4.69, 9.17) is 0 Å². The van der Waals surface area contributed by atoms with Crippen molar-refractivity contribution in [3.8, 4) is 0 Å². The molecule has 0 amide bonds. The Kier molecular flexibility index (Phi) is 5.08. The van der Waals surface area contributed by atoms with Gasteiger partial charge in [-0.2, -0.15) is 0 Å². The van der Waals surface area contributed by atoms with Crippen molar-refractivity contribution in [3.63, 3.8) is 0 Å². The molecule has 2 aliphatic carbocycles. The lowest BCUT2D eigenvalue weighted by Crippen LogP contribution is -2.43. The second kappa shape index (κ2) is 6.38. The molecular weight excluding hydrogens is 220 g/mol. The summed E-state index contributed by atoms with van der Waals surface area (Å²) in [5, 5.41) is 7.41. The summed E-state index contributed by atoms with van der Waals surface area (Å²) >= 11 is 0. The van der Waals surface area contributed by atoms with Crippen LogP contribution in [0, 0.1) is 11.3 Å². The van der Waals surface area contributed by atoms with E-state index in [-0.39, 0.29) is 0 Å². The van der Waals surface area contributed by atoms with Crippen molar-refractivity contribution >= 4 is 0 Å². The summed E-state index contributed by atoms with van der Waals surface area (Å²) < 4.78 is 0. The average Bonchev–Trinajstić information content (AvgIpc) is 3.04. The van der Waals surface area contributed by atoms with Crippen molar-refractivity contribution in [1.29, 1.82) is 0 Å². The van der Waals surface area contributed by atoms with Crippen LogP contribution in [-0.2, 0) is 0 Å². The second-order valence-corrected chi connectivity index (χ2v) is 7.27. The smallest absolute Gasteiger partial charge is 0.0164 e. The molecule has 1 unspecified atom stereocenters. The van der Waals surface area contributed by atoms with Crippen molar-refractivity contribution in [1.82, 2.24) is 10.6 Å². The highest BCUT2D eigenvalue weighted by Gasteiger charge is 2.34. The Morgan fingerprint density at radius 3 is 2.33 bits per heavy atom. The molecule has 0 aromatic carbocycles. The highest BCUT2D eigenvalue weighted by Crippen LogP contribution is 2.42. The lowest BCUT2D eigenvalue weighted by atomic mass is 9.78. The summed E-state index contributed by atoms with van der Waals surface area (Å²) in [5.41, 5.74) is 0.613. The molecule has 2 fully saturated rings. The Morgan fingerprint density at radius 1 is 1.11 bits per heavy atom. The van der Waals surface area contributed by atoms with Crippen molar-refractivity contribution < 1.29 is 0 Å². The van der Waals surface area contributed by atoms with E-state index in [1.807, 2.05) is 0 Å². The number of hydrogen-bond acceptors (Lipinski definition) is 2. The Bertz CT molecular complexity index is 239. The van der Waals surface area contributed by atoms with Crippen molar-refractivity contribution in [2.24, 2.45) is 11.3 Å². The lowest BCUT2D eigenvalue weighted by molar-refractivity contribution is 0.216. The van der Waals surface area contributed by atoms with Gasteiger partial charge in [0.2, 0.25) is 0 Å². The molecule has 2 N–H and O–H groups in total. The van der Waals surface area contributed by atoms with E-state index in [0.29, 0.717) is 11.5 Å². The van der Waals surface area contributed by atoms with Gasteiger partial charge in [-0.3, -0.25) is 0 Å². The van der Waals surface area contributed by atoms with Crippen LogP contribution in [0.1, 0.15) is 65.7 Å². The van der Waals surface area contributed by atoms with Crippen LogP contribution in [0.3, 0.4) is 0 Å². The molecule has 0 spiro atoms. The fourth-order valence-electron chi connectivity index (χ4n) is 3.54. The third-order valence-corrected chi connectivity index (χ3v) is 4.62. The zero-order chi connectivity index (χ0) is 13.0. The number of hydrogen-bond donors (Lipinski definition) is 2. The average molecular weight is 252 g/mol. The maximum absolute atomic E-state index is 3.79. The van der Waals surface area contributed by atoms with Crippen LogP contribution >= 0.6 is 0 Å². The molecule has 2 nitrogen and oxygen atoms in total. The predicted octanol–water partition coefficient (Wildman–Crippen LogP) is 3.32. The van der Waals surface area contributed by atoms with E-state index in [1.54, 1.807) is 0 Å². The Morgan fingerprint density at radius 2 is 1.78 bits per heavy atom. The van der Waals surface area contributed by atoms with Gasteiger partial charge in [0.15, 0.2) is 0 Å². The first-order valence-corrected chi connectivity index (χ1v) is 8.06. The maximum Gasteiger partial charge on any atom is 0.0164 e. The molecule has 0 aromatic rings. The van der Waals surface area contributed by atoms with Gasteiger partial charge in [-0.05, 0) is 50.4 Å². The third kappa shape index (κ3) is 4.55. The Hall–Kier alpha value is -0.0800. The first kappa shape index (κ1) is 14.3. The van der Waals surface area contributed by atoms with Crippen LogP contribution in [0.4, 0.5) is 0 Å². The standard InChI is InChI=1S/C16H32N2/c1-13(2)10-16(8-4-5-9-16)12-18-14(3)11-17-15-6-7-15/h13-15,17-18H,4-12H2,1-3H3. The van der Waals surface area contributed by atoms with Gasteiger partial charge in [-0.1, -0.05) is 26.7 Å². The summed E-state index contributed by atoms with van der Waals surface area (Å²) in [6.45, 7) is 9.45. The molecule has 18 heavy (non-hydrogen) atoms. The fraction of sp³-hybridized carbons (Fsp3) is 1.00. The van der Waals surface area contributed by atoms with Gasteiger partial charge in [0, 0.05) is 25.2 Å². The Balaban J connectivity index is 1.70. The van der Waals surface area contributed by atoms with E-state index in [9.17, 15) is 0 Å². The highest BCUT2D eigenvalue weighted by atomic mass is 15.0. The first-order valence-electron chi connectivity index (χ1n) is 8.06. The molecule has 2 saturated carbocycles. The van der Waals surface area contributed by atoms with Crippen molar-refractivity contribution in [2.45, 2.75) is 77.8 Å². The topological polar surface area (TPSA) is 24.1 Å². The maximum atomic E-state index is 3.79. The van der Waals surface area contributed by atoms with Gasteiger partial charge in [0.05, 0.1) is 0 Å². The van der Waals surface area contributed by atoms with Crippen LogP contribution < -0.4 is 10.6 Å². The minimum Gasteiger partial charge on any atom is -0.312 e. The molecule has 0 radical (unpaired) electrons. The molecule has 0 aromatic heterocycles. The van der Waals surface area contributed by atoms with Crippen LogP contribution in [0.25, 0.3) is 0 Å². The summed E-state index contributed by atoms with van der Waals surface area (Å²) in [7, 11) is 0. The third-order valence-electron chi connectivity index (χ3n) is 4.62. The molecule has 2 aliphatic rings. The number of nitrogens with one attached hydrogen (secondary N) is 2. The minimum atomic E-state index is 0.613. The van der Waals surface area contributed by atoms with Crippen LogP contribution in [0.5, 0.6) is 0 Å². The highest BCUT2D eigenvalue weighted by molar-refractivity contribution is 4.89. The largest absolute Gasteiger partial charge is 0.312 e. The molecule has 0 heterocycles. The molecule has 106 valence electrons. The lowest BCUT2D eigenvalue weighted by Gasteiger charge is -2.32. The molecular formula is C16H32N2. The predicted molar refractivity (Wildman–Crippen MR) is 78.8 cm³/mol. The summed E-state index contributed by atoms with van der Waals surface area (Å²) in [6, 6.07) is 1.46. The van der Waals surface area contributed by atoms with Gasteiger partial charge in [-0.25, -0.2) is 0 Å². The quantitative estimate of drug-likeness (QED) is 0.692. The SMILES string of the molecule is CC(C)CC1(CNC(C)CNC2CC2)CCCC1. The molecule has 0 bridgehead atoms. The first-order chi connectivity index (χ1) is 8.60. The van der Waals surface area contributed by atoms with E-state index in [1.165, 1.54) is 51.5 Å². The van der Waals surface area contributed by atoms with Crippen LogP contribution in [0.2, 0.25) is 0 Å². The minimum absolute atomic E-state index is 0.613. The zero-order valence-corrected chi connectivity index (χ0v) is 12.6. The second-order valence-electron chi connectivity index (χ2n) is 7.27. The van der Waals surface area contributed by atoms with E-state index in [0.717, 1.165) is 18.5 Å². The molecule has 2 rings (SSSR count). The van der Waals surface area contributed by atoms with Crippen LogP contribution in [-0.4, -0.2) is 25.2 Å². The van der Waals surface area contributed by atoms with Gasteiger partial charge in [0.25, 0.3) is 0 Å². The van der Waals surface area contributed by atoms with Gasteiger partial charge in [0.1, 0.15) is 0 Å². The van der Waals surface area contributed by atoms with E-state index >= 15 is 0 Å². The normalized spacial score (nSPS) is 24.7. The molecule has 0 saturated heterocycles. The van der Waals surface area contributed by atoms with Crippen molar-refractivity contribution in [3.05, 3.63) is 0 Å². The van der Waals surface area contributed by atoms with Crippen LogP contribution in [0.15, 0.2) is 0 Å². The monoisotopic (exact) mass is 252 g/mol. The molecule has 1 atom stereocenters. The van der Waals surface area contributed by atoms with Crippen molar-refractivity contribution in [2.75, 3.05) is 13.1 Å². The van der Waals surface area contributed by atoms with Gasteiger partial charge >= 0.3 is 0 Å². The summed E-state index contributed by atoms with van der Waals surface area (Å²) in [5.74, 6) is 0.838. The van der Waals surface area contributed by atoms with Gasteiger partial charge < -0.3 is 10.6 Å². The summed E-state index contributed by atoms with van der Waals surface area (Å²) in [6.07, 6.45) is 9.98. The fourth-order valence-corrected chi connectivity index (χ4v) is 3.54. The summed E-state index contributed by atoms with van der Waals surface area (Å²) in [4.78, 5) is 0. The number of rotatable bonds is 8. The van der Waals surface area contributed by atoms with E-state index in [2.05, 4.69) is 31.4 Å². The zero-order valence-electron chi connectivity index (χ0n) is 12.6. The van der Waals surface area contributed by atoms with Gasteiger partial charge in [-0.15, -0.1) is 0 Å². The Labute approximate surface area is 113 Å². The molecule has 2 heteroatoms.